The minimum absolute atomic E-state index is 0.967. The molecule has 0 saturated heterocycles. The van der Waals surface area contributed by atoms with Gasteiger partial charge in [-0.1, -0.05) is 148 Å². The summed E-state index contributed by atoms with van der Waals surface area (Å²) in [6.45, 7) is 4.57. The van der Waals surface area contributed by atoms with Crippen molar-refractivity contribution in [2.75, 3.05) is 0 Å². The van der Waals surface area contributed by atoms with E-state index in [0.717, 1.165) is 18.4 Å². The first-order chi connectivity index (χ1) is 18.7. The Morgan fingerprint density at radius 1 is 0.526 bits per heavy atom. The van der Waals surface area contributed by atoms with E-state index in [4.69, 9.17) is 10.8 Å². The largest absolute Gasteiger partial charge is 0.308 e. The summed E-state index contributed by atoms with van der Waals surface area (Å²) in [6.07, 6.45) is 32.3. The topological polar surface area (TPSA) is 47.7 Å². The third-order valence-corrected chi connectivity index (χ3v) is 8.29. The van der Waals surface area contributed by atoms with Crippen LogP contribution < -0.4 is 0 Å². The van der Waals surface area contributed by atoms with Crippen LogP contribution in [0.25, 0.3) is 10.8 Å². The summed E-state index contributed by atoms with van der Waals surface area (Å²) < 4.78 is 0. The second-order valence-electron chi connectivity index (χ2n) is 11.6. The van der Waals surface area contributed by atoms with Gasteiger partial charge in [0.25, 0.3) is 0 Å². The van der Waals surface area contributed by atoms with Gasteiger partial charge in [-0.3, -0.25) is 0 Å². The van der Waals surface area contributed by atoms with E-state index in [1.807, 2.05) is 0 Å². The van der Waals surface area contributed by atoms with Crippen molar-refractivity contribution in [3.05, 3.63) is 46.5 Å². The molecule has 0 radical (unpaired) electrons. The van der Waals surface area contributed by atoms with Crippen LogP contribution in [-0.2, 0) is 12.8 Å². The summed E-state index contributed by atoms with van der Waals surface area (Å²) in [5.74, 6) is 0. The fourth-order valence-corrected chi connectivity index (χ4v) is 5.92. The van der Waals surface area contributed by atoms with Crippen LogP contribution in [0.15, 0.2) is 24.3 Å². The van der Waals surface area contributed by atoms with Gasteiger partial charge in [0.15, 0.2) is 0 Å². The average Bonchev–Trinajstić information content (AvgIpc) is 2.94. The number of rotatable bonds is 24. The van der Waals surface area contributed by atoms with Crippen LogP contribution in [-0.4, -0.2) is 12.4 Å². The van der Waals surface area contributed by atoms with Crippen molar-refractivity contribution >= 4 is 23.2 Å². The highest BCUT2D eigenvalue weighted by molar-refractivity contribution is 5.97. The van der Waals surface area contributed by atoms with Gasteiger partial charge in [0, 0.05) is 12.4 Å². The second-order valence-corrected chi connectivity index (χ2v) is 11.6. The standard InChI is InChI=1S/C36H58N2/c1-3-5-7-9-11-13-15-17-19-21-23-32-28-33-27-31(29-37)25-26-34(33)35(36(32)30-38)24-22-20-18-16-14-12-10-8-6-4-2/h25-30,37-38H,3-24H2,1-2H3. The number of fused-ring (bicyclic) bond motifs is 1. The van der Waals surface area contributed by atoms with E-state index in [1.165, 1.54) is 162 Å². The molecule has 2 nitrogen and oxygen atoms in total. The zero-order valence-electron chi connectivity index (χ0n) is 25.0. The number of benzene rings is 2. The summed E-state index contributed by atoms with van der Waals surface area (Å²) >= 11 is 0. The highest BCUT2D eigenvalue weighted by Gasteiger charge is 2.12. The normalized spacial score (nSPS) is 11.3. The summed E-state index contributed by atoms with van der Waals surface area (Å²) in [5.41, 5.74) is 4.86. The Balaban J connectivity index is 1.90. The van der Waals surface area contributed by atoms with Gasteiger partial charge in [-0.2, -0.15) is 0 Å². The van der Waals surface area contributed by atoms with E-state index < -0.39 is 0 Å². The molecule has 0 fully saturated rings. The quantitative estimate of drug-likeness (QED) is 0.102. The van der Waals surface area contributed by atoms with Crippen LogP contribution in [0.5, 0.6) is 0 Å². The molecule has 2 rings (SSSR count). The molecular weight excluding hydrogens is 460 g/mol. The Labute approximate surface area is 235 Å². The average molecular weight is 519 g/mol. The molecule has 38 heavy (non-hydrogen) atoms. The van der Waals surface area contributed by atoms with Gasteiger partial charge < -0.3 is 10.8 Å². The van der Waals surface area contributed by atoms with Crippen molar-refractivity contribution < 1.29 is 0 Å². The molecule has 0 saturated carbocycles. The van der Waals surface area contributed by atoms with Crippen LogP contribution >= 0.6 is 0 Å². The van der Waals surface area contributed by atoms with E-state index in [-0.39, 0.29) is 0 Å². The Hall–Kier alpha value is -1.96. The molecule has 0 aromatic heterocycles. The molecule has 0 aliphatic heterocycles. The molecule has 0 aliphatic carbocycles. The number of nitrogens with one attached hydrogen (secondary N) is 2. The Morgan fingerprint density at radius 3 is 1.47 bits per heavy atom. The number of hydrogen-bond donors (Lipinski definition) is 2. The Bertz CT molecular complexity index is 913. The minimum Gasteiger partial charge on any atom is -0.308 e. The maximum absolute atomic E-state index is 8.30. The molecule has 2 N–H and O–H groups in total. The van der Waals surface area contributed by atoms with E-state index >= 15 is 0 Å². The van der Waals surface area contributed by atoms with Crippen molar-refractivity contribution in [3.63, 3.8) is 0 Å². The van der Waals surface area contributed by atoms with E-state index in [0.29, 0.717) is 0 Å². The van der Waals surface area contributed by atoms with E-state index in [2.05, 4.69) is 38.1 Å². The van der Waals surface area contributed by atoms with E-state index in [9.17, 15) is 0 Å². The van der Waals surface area contributed by atoms with Gasteiger partial charge >= 0.3 is 0 Å². The van der Waals surface area contributed by atoms with Gasteiger partial charge in [-0.05, 0) is 64.8 Å². The van der Waals surface area contributed by atoms with Gasteiger partial charge in [-0.15, -0.1) is 0 Å². The highest BCUT2D eigenvalue weighted by atomic mass is 14.3. The molecule has 0 heterocycles. The molecule has 2 aromatic rings. The molecule has 212 valence electrons. The fraction of sp³-hybridized carbons (Fsp3) is 0.667. The summed E-state index contributed by atoms with van der Waals surface area (Å²) in [5, 5.41) is 18.6. The SMILES string of the molecule is CCCCCCCCCCCCc1cc2cc(C=N)ccc2c(CCCCCCCCCCCC)c1C=N. The highest BCUT2D eigenvalue weighted by Crippen LogP contribution is 2.29. The van der Waals surface area contributed by atoms with Gasteiger partial charge in [0.1, 0.15) is 0 Å². The number of aryl methyl sites for hydroxylation is 2. The lowest BCUT2D eigenvalue weighted by Gasteiger charge is -2.16. The zero-order chi connectivity index (χ0) is 27.3. The molecule has 0 amide bonds. The van der Waals surface area contributed by atoms with Crippen LogP contribution in [0.2, 0.25) is 0 Å². The van der Waals surface area contributed by atoms with Crippen LogP contribution in [0.3, 0.4) is 0 Å². The first kappa shape index (κ1) is 32.3. The van der Waals surface area contributed by atoms with Crippen molar-refractivity contribution in [1.82, 2.24) is 0 Å². The fourth-order valence-electron chi connectivity index (χ4n) is 5.92. The predicted octanol–water partition coefficient (Wildman–Crippen LogP) is 11.8. The maximum atomic E-state index is 8.30. The summed E-state index contributed by atoms with van der Waals surface area (Å²) in [7, 11) is 0. The third kappa shape index (κ3) is 12.3. The molecule has 2 heteroatoms. The third-order valence-electron chi connectivity index (χ3n) is 8.29. The number of hydrogen-bond acceptors (Lipinski definition) is 2. The van der Waals surface area contributed by atoms with Crippen molar-refractivity contribution in [2.24, 2.45) is 0 Å². The monoisotopic (exact) mass is 518 g/mol. The molecule has 2 aromatic carbocycles. The van der Waals surface area contributed by atoms with Crippen LogP contribution in [0.1, 0.15) is 165 Å². The molecule has 0 unspecified atom stereocenters. The first-order valence-corrected chi connectivity index (χ1v) is 16.3. The zero-order valence-corrected chi connectivity index (χ0v) is 25.0. The molecule has 0 atom stereocenters. The number of unbranched alkanes of at least 4 members (excludes halogenated alkanes) is 18. The van der Waals surface area contributed by atoms with Crippen LogP contribution in [0, 0.1) is 10.8 Å². The van der Waals surface area contributed by atoms with Gasteiger partial charge in [0.2, 0.25) is 0 Å². The summed E-state index contributed by atoms with van der Waals surface area (Å²) in [6, 6.07) is 8.74. The second kappa shape index (κ2) is 20.9. The van der Waals surface area contributed by atoms with Crippen LogP contribution in [0.4, 0.5) is 0 Å². The molecule has 0 spiro atoms. The van der Waals surface area contributed by atoms with Crippen molar-refractivity contribution in [2.45, 2.75) is 155 Å². The van der Waals surface area contributed by atoms with Gasteiger partial charge in [-0.25, -0.2) is 0 Å². The molecular formula is C36H58N2. The minimum atomic E-state index is 0.967. The Kier molecular flexibility index (Phi) is 17.8. The lowest BCUT2D eigenvalue weighted by Crippen LogP contribution is -2.02. The van der Waals surface area contributed by atoms with Gasteiger partial charge in [0.05, 0.1) is 0 Å². The molecule has 0 bridgehead atoms. The lowest BCUT2D eigenvalue weighted by atomic mass is 9.88. The predicted molar refractivity (Wildman–Crippen MR) is 171 cm³/mol. The smallest absolute Gasteiger partial charge is 0.0256 e. The van der Waals surface area contributed by atoms with Crippen molar-refractivity contribution in [3.8, 4) is 0 Å². The Morgan fingerprint density at radius 2 is 1.00 bits per heavy atom. The lowest BCUT2D eigenvalue weighted by molar-refractivity contribution is 0.555. The molecule has 0 aliphatic rings. The van der Waals surface area contributed by atoms with Crippen molar-refractivity contribution in [1.29, 1.82) is 10.8 Å². The summed E-state index contributed by atoms with van der Waals surface area (Å²) in [4.78, 5) is 0. The van der Waals surface area contributed by atoms with E-state index in [1.54, 1.807) is 6.21 Å². The first-order valence-electron chi connectivity index (χ1n) is 16.3. The maximum Gasteiger partial charge on any atom is 0.0256 e.